The van der Waals surface area contributed by atoms with Gasteiger partial charge in [0, 0.05) is 47.8 Å². The van der Waals surface area contributed by atoms with Crippen LogP contribution in [0.2, 0.25) is 5.02 Å². The normalized spacial score (nSPS) is 11.9. The summed E-state index contributed by atoms with van der Waals surface area (Å²) in [6, 6.07) is 18.2. The molecule has 0 radical (unpaired) electrons. The van der Waals surface area contributed by atoms with Gasteiger partial charge in [-0.15, -0.1) is 0 Å². The Morgan fingerprint density at radius 1 is 0.915 bits per heavy atom. The zero-order chi connectivity index (χ0) is 33.7. The first-order valence-electron chi connectivity index (χ1n) is 16.0. The molecule has 0 N–H and O–H groups in total. The first-order chi connectivity index (χ1) is 22.5. The molecule has 0 atom stereocenters. The van der Waals surface area contributed by atoms with Gasteiger partial charge in [0.25, 0.3) is 0 Å². The Balaban J connectivity index is 1.59. The zero-order valence-electron chi connectivity index (χ0n) is 28.1. The minimum absolute atomic E-state index is 0.371. The molecule has 3 aromatic carbocycles. The molecule has 0 aliphatic carbocycles. The number of carbonyl (C=O) groups excluding carboxylic acids is 1. The van der Waals surface area contributed by atoms with Crippen molar-refractivity contribution in [3.05, 3.63) is 82.3 Å². The minimum Gasteiger partial charge on any atom is -0.493 e. The Hall–Kier alpha value is -3.50. The molecule has 0 aliphatic heterocycles. The van der Waals surface area contributed by atoms with Crippen molar-refractivity contribution in [3.63, 3.8) is 0 Å². The van der Waals surface area contributed by atoms with Crippen LogP contribution >= 0.6 is 24.5 Å². The average molecular weight is 678 g/mol. The number of aromatic nitrogens is 3. The number of aryl methyl sites for hydroxylation is 4. The number of hydrogen-bond donors (Lipinski definition) is 1. The van der Waals surface area contributed by atoms with Crippen molar-refractivity contribution >= 4 is 52.2 Å². The molecule has 0 unspecified atom stereocenters. The molecule has 5 aromatic rings. The van der Waals surface area contributed by atoms with Gasteiger partial charge >= 0.3 is 5.97 Å². The van der Waals surface area contributed by atoms with E-state index in [1.165, 1.54) is 0 Å². The fourth-order valence-electron chi connectivity index (χ4n) is 6.18. The van der Waals surface area contributed by atoms with Crippen LogP contribution in [0.5, 0.6) is 5.75 Å². The molecule has 2 aromatic heterocycles. The summed E-state index contributed by atoms with van der Waals surface area (Å²) in [5.74, 6) is 0.475. The van der Waals surface area contributed by atoms with E-state index in [2.05, 4.69) is 35.7 Å². The van der Waals surface area contributed by atoms with Crippen LogP contribution in [-0.4, -0.2) is 52.3 Å². The molecule has 0 aliphatic rings. The predicted molar refractivity (Wildman–Crippen MR) is 192 cm³/mol. The highest BCUT2D eigenvalue weighted by Crippen LogP contribution is 2.42. The summed E-state index contributed by atoms with van der Waals surface area (Å²) in [6.45, 7) is 12.0. The average Bonchev–Trinajstić information content (AvgIpc) is 3.47. The fourth-order valence-corrected chi connectivity index (χ4v) is 6.50. The second-order valence-electron chi connectivity index (χ2n) is 12.7. The predicted octanol–water partition coefficient (Wildman–Crippen LogP) is 8.70. The third kappa shape index (κ3) is 7.81. The molecule has 5 rings (SSSR count). The summed E-state index contributed by atoms with van der Waals surface area (Å²) < 4.78 is 26.9. The lowest BCUT2D eigenvalue weighted by molar-refractivity contribution is 0.00559. The zero-order valence-corrected chi connectivity index (χ0v) is 29.7. The van der Waals surface area contributed by atoms with Gasteiger partial charge in [-0.05, 0) is 89.9 Å². The highest BCUT2D eigenvalue weighted by Gasteiger charge is 2.30. The standard InChI is InChI=1S/C37H44ClN3O5S/c1-24-32(25(2)40(6)39-24)33-30(38)18-17-29-28(15-10-21-44-31-16-9-13-26-12-7-8-14-27(26)31)35(36(42)46-37(3,4)5)41(34(29)33)19-11-20-43-22-23-45-47/h7-9,12-14,16-18,47H,10-11,15,19-23H2,1-6H3. The van der Waals surface area contributed by atoms with E-state index in [4.69, 9.17) is 35.1 Å². The molecule has 8 nitrogen and oxygen atoms in total. The van der Waals surface area contributed by atoms with Crippen molar-refractivity contribution in [1.82, 2.24) is 14.3 Å². The molecule has 0 spiro atoms. The van der Waals surface area contributed by atoms with E-state index in [1.54, 1.807) is 0 Å². The lowest BCUT2D eigenvalue weighted by Crippen LogP contribution is -2.26. The topological polar surface area (TPSA) is 76.7 Å². The summed E-state index contributed by atoms with van der Waals surface area (Å²) in [5, 5.41) is 8.46. The van der Waals surface area contributed by atoms with Crippen LogP contribution in [-0.2, 0) is 33.7 Å². The Bertz CT molecular complexity index is 1870. The Morgan fingerprint density at radius 3 is 2.40 bits per heavy atom. The summed E-state index contributed by atoms with van der Waals surface area (Å²) in [6.07, 6.45) is 1.95. The van der Waals surface area contributed by atoms with E-state index >= 15 is 0 Å². The number of esters is 1. The third-order valence-electron chi connectivity index (χ3n) is 8.20. The number of nitrogens with zero attached hydrogens (tertiary/aromatic N) is 3. The van der Waals surface area contributed by atoms with E-state index in [-0.39, 0.29) is 5.97 Å². The number of rotatable bonds is 14. The van der Waals surface area contributed by atoms with Crippen molar-refractivity contribution in [2.24, 2.45) is 7.05 Å². The number of benzene rings is 3. The van der Waals surface area contributed by atoms with Crippen molar-refractivity contribution < 1.29 is 23.2 Å². The largest absolute Gasteiger partial charge is 0.493 e. The maximum Gasteiger partial charge on any atom is 0.355 e. The molecule has 2 heterocycles. The number of halogens is 1. The van der Waals surface area contributed by atoms with E-state index < -0.39 is 5.60 Å². The molecule has 10 heteroatoms. The number of carbonyl (C=O) groups is 1. The summed E-state index contributed by atoms with van der Waals surface area (Å²) in [7, 11) is 1.93. The smallest absolute Gasteiger partial charge is 0.355 e. The highest BCUT2D eigenvalue weighted by molar-refractivity contribution is 7.75. The maximum absolute atomic E-state index is 14.1. The maximum atomic E-state index is 14.1. The Morgan fingerprint density at radius 2 is 1.68 bits per heavy atom. The van der Waals surface area contributed by atoms with Crippen LogP contribution in [0.15, 0.2) is 54.6 Å². The van der Waals surface area contributed by atoms with Crippen LogP contribution in [0.4, 0.5) is 0 Å². The summed E-state index contributed by atoms with van der Waals surface area (Å²) in [4.78, 5) is 14.1. The van der Waals surface area contributed by atoms with Crippen molar-refractivity contribution in [2.75, 3.05) is 26.4 Å². The quantitative estimate of drug-likeness (QED) is 0.0549. The van der Waals surface area contributed by atoms with Gasteiger partial charge in [-0.2, -0.15) is 5.10 Å². The van der Waals surface area contributed by atoms with Crippen molar-refractivity contribution in [2.45, 2.75) is 66.0 Å². The highest BCUT2D eigenvalue weighted by atomic mass is 35.5. The van der Waals surface area contributed by atoms with Gasteiger partial charge in [0.15, 0.2) is 0 Å². The monoisotopic (exact) mass is 677 g/mol. The van der Waals surface area contributed by atoms with E-state index in [1.807, 2.05) is 82.7 Å². The number of thiol groups is 1. The molecule has 0 fully saturated rings. The summed E-state index contributed by atoms with van der Waals surface area (Å²) >= 11 is 10.8. The number of fused-ring (bicyclic) bond motifs is 2. The van der Waals surface area contributed by atoms with Crippen LogP contribution in [0.3, 0.4) is 0 Å². The van der Waals surface area contributed by atoms with E-state index in [9.17, 15) is 4.79 Å². The Kier molecular flexibility index (Phi) is 11.2. The first kappa shape index (κ1) is 34.8. The lowest BCUT2D eigenvalue weighted by atomic mass is 9.98. The first-order valence-corrected chi connectivity index (χ1v) is 16.8. The van der Waals surface area contributed by atoms with Gasteiger partial charge in [0.2, 0.25) is 0 Å². The van der Waals surface area contributed by atoms with Gasteiger partial charge in [-0.3, -0.25) is 4.68 Å². The number of ether oxygens (including phenoxy) is 3. The molecule has 0 saturated carbocycles. The van der Waals surface area contributed by atoms with Gasteiger partial charge in [0.05, 0.1) is 36.1 Å². The third-order valence-corrected chi connectivity index (χ3v) is 8.69. The number of hydrogen-bond acceptors (Lipinski definition) is 7. The molecular weight excluding hydrogens is 634 g/mol. The molecule has 47 heavy (non-hydrogen) atoms. The van der Waals surface area contributed by atoms with Crippen LogP contribution in [0, 0.1) is 13.8 Å². The molecule has 250 valence electrons. The van der Waals surface area contributed by atoms with Gasteiger partial charge in [-0.1, -0.05) is 54.1 Å². The van der Waals surface area contributed by atoms with E-state index in [0.717, 1.165) is 55.5 Å². The van der Waals surface area contributed by atoms with Crippen molar-refractivity contribution in [3.8, 4) is 16.9 Å². The second kappa shape index (κ2) is 15.2. The second-order valence-corrected chi connectivity index (χ2v) is 13.4. The van der Waals surface area contributed by atoms with Crippen LogP contribution in [0.1, 0.15) is 61.1 Å². The van der Waals surface area contributed by atoms with E-state index in [0.29, 0.717) is 63.0 Å². The minimum atomic E-state index is -0.680. The fraction of sp³-hybridized carbons (Fsp3) is 0.405. The van der Waals surface area contributed by atoms with Gasteiger partial charge in [0.1, 0.15) is 17.0 Å². The molecule has 0 bridgehead atoms. The van der Waals surface area contributed by atoms with Gasteiger partial charge < -0.3 is 23.0 Å². The Labute approximate surface area is 287 Å². The SMILES string of the molecule is Cc1nn(C)c(C)c1-c1c(Cl)ccc2c(CCCOc3cccc4ccccc34)c(C(=O)OC(C)(C)C)n(CCCOCCOS)c12. The van der Waals surface area contributed by atoms with Crippen LogP contribution < -0.4 is 4.74 Å². The molecule has 0 amide bonds. The lowest BCUT2D eigenvalue weighted by Gasteiger charge is -2.21. The summed E-state index contributed by atoms with van der Waals surface area (Å²) in [5.41, 5.74) is 5.33. The molecule has 0 saturated heterocycles. The van der Waals surface area contributed by atoms with Gasteiger partial charge in [-0.25, -0.2) is 4.79 Å². The molecular formula is C37H44ClN3O5S. The van der Waals surface area contributed by atoms with Crippen LogP contribution in [0.25, 0.3) is 32.8 Å². The van der Waals surface area contributed by atoms with Crippen molar-refractivity contribution in [1.29, 1.82) is 0 Å².